The first kappa shape index (κ1) is 24.6. The molecule has 0 fully saturated rings. The van der Waals surface area contributed by atoms with Crippen LogP contribution in [-0.2, 0) is 9.59 Å². The molecule has 0 aliphatic carbocycles. The molecule has 4 aromatic rings. The van der Waals surface area contributed by atoms with Gasteiger partial charge in [0.1, 0.15) is 11.5 Å². The van der Waals surface area contributed by atoms with Gasteiger partial charge in [0.15, 0.2) is 22.9 Å². The van der Waals surface area contributed by atoms with E-state index < -0.39 is 29.5 Å². The average molecular weight is 514 g/mol. The van der Waals surface area contributed by atoms with Crippen molar-refractivity contribution in [3.8, 4) is 17.2 Å². The molecule has 1 unspecified atom stereocenters. The molecule has 2 heterocycles. The van der Waals surface area contributed by atoms with Gasteiger partial charge < -0.3 is 23.7 Å². The molecule has 1 aliphatic rings. The molecular formula is C29H23NO8. The lowest BCUT2D eigenvalue weighted by Crippen LogP contribution is -2.31. The van der Waals surface area contributed by atoms with Crippen molar-refractivity contribution in [3.63, 3.8) is 0 Å². The molecule has 192 valence electrons. The van der Waals surface area contributed by atoms with E-state index in [2.05, 4.69) is 0 Å². The van der Waals surface area contributed by atoms with Crippen LogP contribution < -0.4 is 19.1 Å². The van der Waals surface area contributed by atoms with Gasteiger partial charge in [-0.05, 0) is 42.0 Å². The Bertz CT molecular complexity index is 1620. The van der Waals surface area contributed by atoms with E-state index in [1.807, 2.05) is 0 Å². The second kappa shape index (κ2) is 9.78. The van der Waals surface area contributed by atoms with Crippen molar-refractivity contribution >= 4 is 34.3 Å². The molecule has 1 N–H and O–H groups in total. The maximum absolute atomic E-state index is 13.9. The Balaban J connectivity index is 1.67. The molecule has 3 aromatic carbocycles. The highest BCUT2D eigenvalue weighted by Gasteiger charge is 2.45. The number of aliphatic hydroxyl groups is 1. The Morgan fingerprint density at radius 3 is 2.39 bits per heavy atom. The van der Waals surface area contributed by atoms with E-state index in [-0.39, 0.29) is 17.1 Å². The Morgan fingerprint density at radius 2 is 1.66 bits per heavy atom. The normalized spacial score (nSPS) is 15.2. The number of ether oxygens (including phenoxy) is 3. The largest absolute Gasteiger partial charge is 0.503 e. The number of methoxy groups -OCH3 is 2. The van der Waals surface area contributed by atoms with Gasteiger partial charge in [-0.2, -0.15) is 0 Å². The minimum Gasteiger partial charge on any atom is -0.503 e. The molecule has 0 saturated heterocycles. The Kier molecular flexibility index (Phi) is 6.34. The van der Waals surface area contributed by atoms with Gasteiger partial charge in [0, 0.05) is 24.1 Å². The zero-order valence-electron chi connectivity index (χ0n) is 20.8. The number of anilines is 1. The SMILES string of the molecule is COc1cccc(N2C(=O)C(O)=C(C(=O)c3cc4cccc(OC)c4o3)C2c2cccc(OC(C)=O)c2)c1. The summed E-state index contributed by atoms with van der Waals surface area (Å²) in [6.07, 6.45) is 0. The van der Waals surface area contributed by atoms with Crippen LogP contribution in [0.3, 0.4) is 0 Å². The van der Waals surface area contributed by atoms with Crippen molar-refractivity contribution in [2.45, 2.75) is 13.0 Å². The van der Waals surface area contributed by atoms with Crippen LogP contribution in [0.1, 0.15) is 29.1 Å². The van der Waals surface area contributed by atoms with Gasteiger partial charge >= 0.3 is 5.97 Å². The lowest BCUT2D eigenvalue weighted by atomic mass is 9.94. The molecule has 9 nitrogen and oxygen atoms in total. The predicted molar refractivity (Wildman–Crippen MR) is 138 cm³/mol. The van der Waals surface area contributed by atoms with Crippen LogP contribution in [0.5, 0.6) is 17.2 Å². The Labute approximate surface area is 217 Å². The number of ketones is 1. The van der Waals surface area contributed by atoms with Crippen LogP contribution in [0.2, 0.25) is 0 Å². The molecule has 38 heavy (non-hydrogen) atoms. The number of amides is 1. The van der Waals surface area contributed by atoms with E-state index in [0.717, 1.165) is 0 Å². The summed E-state index contributed by atoms with van der Waals surface area (Å²) in [5.41, 5.74) is 0.996. The van der Waals surface area contributed by atoms with E-state index in [4.69, 9.17) is 18.6 Å². The van der Waals surface area contributed by atoms with Crippen LogP contribution in [-0.4, -0.2) is 37.0 Å². The molecule has 1 atom stereocenters. The molecule has 0 saturated carbocycles. The van der Waals surface area contributed by atoms with E-state index >= 15 is 0 Å². The van der Waals surface area contributed by atoms with Gasteiger partial charge in [0.05, 0.1) is 25.8 Å². The highest BCUT2D eigenvalue weighted by Crippen LogP contribution is 2.44. The summed E-state index contributed by atoms with van der Waals surface area (Å²) in [5, 5.41) is 11.7. The summed E-state index contributed by atoms with van der Waals surface area (Å²) in [5.74, 6) is -1.64. The topological polar surface area (TPSA) is 116 Å². The number of benzene rings is 3. The minimum absolute atomic E-state index is 0.0764. The maximum atomic E-state index is 13.9. The smallest absolute Gasteiger partial charge is 0.308 e. The van der Waals surface area contributed by atoms with Crippen molar-refractivity contribution in [3.05, 3.63) is 95.5 Å². The second-order valence-corrected chi connectivity index (χ2v) is 8.53. The lowest BCUT2D eigenvalue weighted by molar-refractivity contribution is -0.131. The third-order valence-electron chi connectivity index (χ3n) is 6.17. The third kappa shape index (κ3) is 4.24. The quantitative estimate of drug-likeness (QED) is 0.205. The van der Waals surface area contributed by atoms with Crippen LogP contribution >= 0.6 is 0 Å². The van der Waals surface area contributed by atoms with Crippen LogP contribution in [0.4, 0.5) is 5.69 Å². The third-order valence-corrected chi connectivity index (χ3v) is 6.17. The predicted octanol–water partition coefficient (Wildman–Crippen LogP) is 5.16. The zero-order valence-corrected chi connectivity index (χ0v) is 20.8. The van der Waals surface area contributed by atoms with Gasteiger partial charge in [-0.25, -0.2) is 0 Å². The Hall–Kier alpha value is -5.05. The molecule has 0 radical (unpaired) electrons. The van der Waals surface area contributed by atoms with E-state index in [1.54, 1.807) is 66.7 Å². The van der Waals surface area contributed by atoms with Crippen molar-refractivity contribution in [2.75, 3.05) is 19.1 Å². The number of para-hydroxylation sites is 1. The molecule has 0 bridgehead atoms. The number of hydrogen-bond donors (Lipinski definition) is 1. The number of Topliss-reactive ketones (excluding diaryl/α,β-unsaturated/α-hetero) is 1. The summed E-state index contributed by atoms with van der Waals surface area (Å²) in [4.78, 5) is 40.2. The summed E-state index contributed by atoms with van der Waals surface area (Å²) in [7, 11) is 2.98. The minimum atomic E-state index is -1.06. The first-order chi connectivity index (χ1) is 18.3. The standard InChI is InChI=1S/C29H23NO8/c1-16(31)37-21-11-4-7-17(13-21)25-24(26(32)23-14-18-8-5-12-22(36-3)28(18)38-23)27(33)29(34)30(25)19-9-6-10-20(15-19)35-2/h4-15,25,33H,1-3H3. The number of carbonyl (C=O) groups is 3. The van der Waals surface area contributed by atoms with Crippen molar-refractivity contribution < 1.29 is 38.1 Å². The molecule has 1 aliphatic heterocycles. The number of aliphatic hydroxyl groups excluding tert-OH is 1. The van der Waals surface area contributed by atoms with Crippen LogP contribution in [0.15, 0.2) is 88.5 Å². The molecule has 0 spiro atoms. The van der Waals surface area contributed by atoms with Crippen molar-refractivity contribution in [2.24, 2.45) is 0 Å². The monoisotopic (exact) mass is 513 g/mol. The first-order valence-electron chi connectivity index (χ1n) is 11.6. The van der Waals surface area contributed by atoms with Crippen LogP contribution in [0.25, 0.3) is 11.0 Å². The number of fused-ring (bicyclic) bond motifs is 1. The molecule has 1 amide bonds. The average Bonchev–Trinajstić information content (AvgIpc) is 3.47. The molecule has 5 rings (SSSR count). The highest BCUT2D eigenvalue weighted by atomic mass is 16.5. The van der Waals surface area contributed by atoms with Gasteiger partial charge in [0.25, 0.3) is 5.91 Å². The lowest BCUT2D eigenvalue weighted by Gasteiger charge is -2.27. The number of rotatable bonds is 7. The fraction of sp³-hybridized carbons (Fsp3) is 0.138. The maximum Gasteiger partial charge on any atom is 0.308 e. The summed E-state index contributed by atoms with van der Waals surface area (Å²) >= 11 is 0. The first-order valence-corrected chi connectivity index (χ1v) is 11.6. The summed E-state index contributed by atoms with van der Waals surface area (Å²) < 4.78 is 21.7. The molecular weight excluding hydrogens is 490 g/mol. The summed E-state index contributed by atoms with van der Waals surface area (Å²) in [6, 6.07) is 18.8. The second-order valence-electron chi connectivity index (χ2n) is 8.53. The number of carbonyl (C=O) groups excluding carboxylic acids is 3. The van der Waals surface area contributed by atoms with E-state index in [0.29, 0.717) is 33.7 Å². The highest BCUT2D eigenvalue weighted by molar-refractivity contribution is 6.20. The number of nitrogens with zero attached hydrogens (tertiary/aromatic N) is 1. The van der Waals surface area contributed by atoms with E-state index in [9.17, 15) is 19.5 Å². The molecule has 9 heteroatoms. The van der Waals surface area contributed by atoms with Crippen molar-refractivity contribution in [1.29, 1.82) is 0 Å². The fourth-order valence-electron chi connectivity index (χ4n) is 4.54. The number of esters is 1. The van der Waals surface area contributed by atoms with Gasteiger partial charge in [0.2, 0.25) is 5.78 Å². The van der Waals surface area contributed by atoms with E-state index in [1.165, 1.54) is 32.1 Å². The van der Waals surface area contributed by atoms with Gasteiger partial charge in [-0.1, -0.05) is 30.3 Å². The fourth-order valence-corrected chi connectivity index (χ4v) is 4.54. The summed E-state index contributed by atoms with van der Waals surface area (Å²) in [6.45, 7) is 1.27. The van der Waals surface area contributed by atoms with Crippen LogP contribution in [0, 0.1) is 0 Å². The molecule has 1 aromatic heterocycles. The van der Waals surface area contributed by atoms with Gasteiger partial charge in [-0.3, -0.25) is 19.3 Å². The Morgan fingerprint density at radius 1 is 0.921 bits per heavy atom. The number of hydrogen-bond acceptors (Lipinski definition) is 8. The van der Waals surface area contributed by atoms with Crippen molar-refractivity contribution in [1.82, 2.24) is 0 Å². The zero-order chi connectivity index (χ0) is 27.0. The number of furan rings is 1. The van der Waals surface area contributed by atoms with Gasteiger partial charge in [-0.15, -0.1) is 0 Å².